The van der Waals surface area contributed by atoms with Crippen molar-refractivity contribution in [3.05, 3.63) is 0 Å². The van der Waals surface area contributed by atoms with Crippen LogP contribution in [0.4, 0.5) is 0 Å². The van der Waals surface area contributed by atoms with Crippen molar-refractivity contribution in [2.75, 3.05) is 0 Å². The van der Waals surface area contributed by atoms with Crippen LogP contribution >= 0.6 is 0 Å². The van der Waals surface area contributed by atoms with Crippen molar-refractivity contribution in [2.24, 2.45) is 5.92 Å². The maximum Gasteiger partial charge on any atom is 0.0930 e. The van der Waals surface area contributed by atoms with Crippen LogP contribution in [-0.2, 0) is 5.11 Å². The van der Waals surface area contributed by atoms with Gasteiger partial charge >= 0.3 is 0 Å². The molecule has 0 aliphatic carbocycles. The molecular weight excluding hydrogens is 112 g/mol. The van der Waals surface area contributed by atoms with E-state index in [1.165, 1.54) is 0 Å². The molecule has 1 heteroatoms. The summed E-state index contributed by atoms with van der Waals surface area (Å²) in [6.07, 6.45) is 2.45. The first kappa shape index (κ1) is 8.96. The highest BCUT2D eigenvalue weighted by Gasteiger charge is 2.06. The Bertz CT molecular complexity index is 53.6. The minimum atomic E-state index is -0.319. The highest BCUT2D eigenvalue weighted by Crippen LogP contribution is 2.11. The van der Waals surface area contributed by atoms with Gasteiger partial charge in [-0.2, -0.15) is 0 Å². The van der Waals surface area contributed by atoms with Crippen molar-refractivity contribution in [1.29, 1.82) is 0 Å². The van der Waals surface area contributed by atoms with E-state index in [0.717, 1.165) is 19.3 Å². The summed E-state index contributed by atoms with van der Waals surface area (Å²) in [7, 11) is 0. The first-order valence-corrected chi connectivity index (χ1v) is 3.86. The van der Waals surface area contributed by atoms with E-state index in [1.54, 1.807) is 0 Å². The molecule has 0 aromatic carbocycles. The molecule has 0 heterocycles. The van der Waals surface area contributed by atoms with E-state index in [2.05, 4.69) is 13.8 Å². The molecular formula is C8H17O. The molecule has 0 fully saturated rings. The SMILES string of the molecule is CCC(C)CC([O])CC. The molecule has 1 nitrogen and oxygen atoms in total. The fourth-order valence-corrected chi connectivity index (χ4v) is 0.782. The Hall–Kier alpha value is -0.0400. The van der Waals surface area contributed by atoms with Gasteiger partial charge in [-0.3, -0.25) is 0 Å². The van der Waals surface area contributed by atoms with Gasteiger partial charge in [0.1, 0.15) is 0 Å². The molecule has 0 amide bonds. The molecule has 1 radical (unpaired) electrons. The Balaban J connectivity index is 3.22. The lowest BCUT2D eigenvalue weighted by Crippen LogP contribution is -2.07. The molecule has 0 N–H and O–H groups in total. The average Bonchev–Trinajstić information content (AvgIpc) is 1.87. The summed E-state index contributed by atoms with van der Waals surface area (Å²) in [6.45, 7) is 6.23. The molecule has 0 aliphatic heterocycles. The molecule has 0 aliphatic rings. The summed E-state index contributed by atoms with van der Waals surface area (Å²) in [5, 5.41) is 10.9. The standard InChI is InChI=1S/C8H17O/c1-4-7(3)6-8(9)5-2/h7-8H,4-6H2,1-3H3. The molecule has 0 bridgehead atoms. The summed E-state index contributed by atoms with van der Waals surface area (Å²) >= 11 is 0. The minimum absolute atomic E-state index is 0.319. The van der Waals surface area contributed by atoms with Crippen LogP contribution in [0.5, 0.6) is 0 Å². The summed E-state index contributed by atoms with van der Waals surface area (Å²) in [5.74, 6) is 0.618. The lowest BCUT2D eigenvalue weighted by molar-refractivity contribution is 0.0645. The largest absolute Gasteiger partial charge is 0.233 e. The molecule has 0 saturated heterocycles. The van der Waals surface area contributed by atoms with E-state index in [0.29, 0.717) is 5.92 Å². The smallest absolute Gasteiger partial charge is 0.0930 e. The Morgan fingerprint density at radius 2 is 1.78 bits per heavy atom. The van der Waals surface area contributed by atoms with Crippen molar-refractivity contribution in [2.45, 2.75) is 46.1 Å². The maximum absolute atomic E-state index is 10.9. The van der Waals surface area contributed by atoms with Gasteiger partial charge in [-0.25, -0.2) is 5.11 Å². The van der Waals surface area contributed by atoms with Gasteiger partial charge in [-0.1, -0.05) is 27.2 Å². The number of hydrogen-bond acceptors (Lipinski definition) is 0. The van der Waals surface area contributed by atoms with Crippen molar-refractivity contribution >= 4 is 0 Å². The Morgan fingerprint density at radius 1 is 1.22 bits per heavy atom. The molecule has 0 rings (SSSR count). The van der Waals surface area contributed by atoms with Crippen LogP contribution in [0.2, 0.25) is 0 Å². The van der Waals surface area contributed by atoms with E-state index in [1.807, 2.05) is 6.92 Å². The Labute approximate surface area is 58.1 Å². The Kier molecular flexibility index (Phi) is 4.78. The van der Waals surface area contributed by atoms with Gasteiger partial charge in [0.15, 0.2) is 0 Å². The van der Waals surface area contributed by atoms with Crippen molar-refractivity contribution in [3.63, 3.8) is 0 Å². The summed E-state index contributed by atoms with van der Waals surface area (Å²) in [5.41, 5.74) is 0. The minimum Gasteiger partial charge on any atom is -0.233 e. The molecule has 2 unspecified atom stereocenters. The van der Waals surface area contributed by atoms with E-state index in [-0.39, 0.29) is 6.10 Å². The van der Waals surface area contributed by atoms with Crippen LogP contribution in [0.15, 0.2) is 0 Å². The van der Waals surface area contributed by atoms with Crippen molar-refractivity contribution in [3.8, 4) is 0 Å². The van der Waals surface area contributed by atoms with Gasteiger partial charge in [-0.15, -0.1) is 0 Å². The van der Waals surface area contributed by atoms with E-state index in [9.17, 15) is 5.11 Å². The third-order valence-electron chi connectivity index (χ3n) is 1.82. The van der Waals surface area contributed by atoms with E-state index >= 15 is 0 Å². The number of rotatable bonds is 4. The first-order chi connectivity index (χ1) is 4.20. The number of hydrogen-bond donors (Lipinski definition) is 0. The second-order valence-corrected chi connectivity index (χ2v) is 2.78. The molecule has 55 valence electrons. The fourth-order valence-electron chi connectivity index (χ4n) is 0.782. The third kappa shape index (κ3) is 4.46. The van der Waals surface area contributed by atoms with Crippen molar-refractivity contribution in [1.82, 2.24) is 0 Å². The fraction of sp³-hybridized carbons (Fsp3) is 1.00. The van der Waals surface area contributed by atoms with Gasteiger partial charge < -0.3 is 0 Å². The third-order valence-corrected chi connectivity index (χ3v) is 1.82. The highest BCUT2D eigenvalue weighted by molar-refractivity contribution is 4.57. The summed E-state index contributed by atoms with van der Waals surface area (Å²) in [4.78, 5) is 0. The molecule has 0 spiro atoms. The monoisotopic (exact) mass is 129 g/mol. The topological polar surface area (TPSA) is 19.9 Å². The van der Waals surface area contributed by atoms with Crippen LogP contribution in [0.1, 0.15) is 40.0 Å². The zero-order valence-electron chi connectivity index (χ0n) is 6.68. The zero-order chi connectivity index (χ0) is 7.28. The first-order valence-electron chi connectivity index (χ1n) is 3.86. The molecule has 2 atom stereocenters. The highest BCUT2D eigenvalue weighted by atomic mass is 16.3. The quantitative estimate of drug-likeness (QED) is 0.556. The molecule has 0 saturated carbocycles. The Morgan fingerprint density at radius 3 is 2.11 bits per heavy atom. The van der Waals surface area contributed by atoms with Crippen LogP contribution in [0.3, 0.4) is 0 Å². The van der Waals surface area contributed by atoms with Crippen LogP contribution in [0.25, 0.3) is 0 Å². The predicted octanol–water partition coefficient (Wildman–Crippen LogP) is 2.63. The van der Waals surface area contributed by atoms with Crippen LogP contribution in [-0.4, -0.2) is 6.10 Å². The van der Waals surface area contributed by atoms with Crippen LogP contribution < -0.4 is 0 Å². The van der Waals surface area contributed by atoms with Crippen molar-refractivity contribution < 1.29 is 5.11 Å². The summed E-state index contributed by atoms with van der Waals surface area (Å²) < 4.78 is 0. The van der Waals surface area contributed by atoms with Gasteiger partial charge in [0.2, 0.25) is 0 Å². The summed E-state index contributed by atoms with van der Waals surface area (Å²) in [6, 6.07) is 0. The normalized spacial score (nSPS) is 17.3. The van der Waals surface area contributed by atoms with Gasteiger partial charge in [0.25, 0.3) is 0 Å². The van der Waals surface area contributed by atoms with Crippen LogP contribution in [0, 0.1) is 5.92 Å². The van der Waals surface area contributed by atoms with Gasteiger partial charge in [-0.05, 0) is 18.8 Å². The molecule has 9 heavy (non-hydrogen) atoms. The van der Waals surface area contributed by atoms with E-state index < -0.39 is 0 Å². The molecule has 0 aromatic rings. The van der Waals surface area contributed by atoms with Gasteiger partial charge in [0.05, 0.1) is 6.10 Å². The van der Waals surface area contributed by atoms with E-state index in [4.69, 9.17) is 0 Å². The zero-order valence-corrected chi connectivity index (χ0v) is 6.68. The second kappa shape index (κ2) is 4.80. The maximum atomic E-state index is 10.9. The average molecular weight is 129 g/mol. The predicted molar refractivity (Wildman–Crippen MR) is 38.8 cm³/mol. The van der Waals surface area contributed by atoms with Gasteiger partial charge in [0, 0.05) is 0 Å². The second-order valence-electron chi connectivity index (χ2n) is 2.78. The lowest BCUT2D eigenvalue weighted by atomic mass is 10.00. The molecule has 0 aromatic heterocycles. The lowest BCUT2D eigenvalue weighted by Gasteiger charge is -2.09.